The maximum Gasteiger partial charge on any atom is 0.243 e. The molecular weight excluding hydrogens is 248 g/mol. The van der Waals surface area contributed by atoms with Crippen LogP contribution < -0.4 is 5.32 Å². The topological polar surface area (TPSA) is 49.4 Å². The molecule has 1 saturated heterocycles. The highest BCUT2D eigenvalue weighted by atomic mass is 32.2. The summed E-state index contributed by atoms with van der Waals surface area (Å²) in [5, 5.41) is 3.30. The first kappa shape index (κ1) is 13.5. The molecule has 1 fully saturated rings. The Morgan fingerprint density at radius 2 is 1.94 bits per heavy atom. The zero-order valence-electron chi connectivity index (χ0n) is 10.9. The van der Waals surface area contributed by atoms with Crippen molar-refractivity contribution >= 4 is 10.0 Å². The molecule has 0 spiro atoms. The van der Waals surface area contributed by atoms with Gasteiger partial charge in [-0.3, -0.25) is 0 Å². The van der Waals surface area contributed by atoms with Gasteiger partial charge in [0, 0.05) is 19.1 Å². The van der Waals surface area contributed by atoms with E-state index in [0.717, 1.165) is 18.5 Å². The van der Waals surface area contributed by atoms with E-state index in [0.29, 0.717) is 18.0 Å². The van der Waals surface area contributed by atoms with Gasteiger partial charge in [-0.1, -0.05) is 17.7 Å². The molecule has 1 aromatic rings. The lowest BCUT2D eigenvalue weighted by atomic mass is 10.2. The molecule has 1 atom stereocenters. The van der Waals surface area contributed by atoms with Crippen LogP contribution in [0.15, 0.2) is 29.2 Å². The minimum absolute atomic E-state index is 0.202. The summed E-state index contributed by atoms with van der Waals surface area (Å²) in [7, 11) is -3.34. The summed E-state index contributed by atoms with van der Waals surface area (Å²) in [6, 6.07) is 7.26. The molecule has 1 aromatic carbocycles. The van der Waals surface area contributed by atoms with Gasteiger partial charge in [0.2, 0.25) is 10.0 Å². The second-order valence-corrected chi connectivity index (χ2v) is 6.82. The van der Waals surface area contributed by atoms with Gasteiger partial charge in [-0.25, -0.2) is 8.42 Å². The smallest absolute Gasteiger partial charge is 0.243 e. The van der Waals surface area contributed by atoms with E-state index in [2.05, 4.69) is 5.32 Å². The standard InChI is InChI=1S/C13H20N2O2S/c1-11-4-6-13(7-5-11)18(16,17)15-9-3-8-14-12(2)10-15/h4-7,12,14H,3,8-10H2,1-2H3. The molecule has 1 unspecified atom stereocenters. The van der Waals surface area contributed by atoms with Crippen molar-refractivity contribution in [3.05, 3.63) is 29.8 Å². The Morgan fingerprint density at radius 3 is 2.61 bits per heavy atom. The summed E-state index contributed by atoms with van der Waals surface area (Å²) >= 11 is 0. The van der Waals surface area contributed by atoms with Gasteiger partial charge in [-0.2, -0.15) is 4.31 Å². The molecule has 0 saturated carbocycles. The Morgan fingerprint density at radius 1 is 1.28 bits per heavy atom. The van der Waals surface area contributed by atoms with Crippen molar-refractivity contribution in [2.75, 3.05) is 19.6 Å². The number of aryl methyl sites for hydroxylation is 1. The fourth-order valence-corrected chi connectivity index (χ4v) is 3.71. The summed E-state index contributed by atoms with van der Waals surface area (Å²) in [6.45, 7) is 5.97. The number of rotatable bonds is 2. The maximum absolute atomic E-state index is 12.5. The van der Waals surface area contributed by atoms with Crippen LogP contribution in [0.2, 0.25) is 0 Å². The molecule has 0 aromatic heterocycles. The van der Waals surface area contributed by atoms with E-state index in [-0.39, 0.29) is 6.04 Å². The number of sulfonamides is 1. The largest absolute Gasteiger partial charge is 0.313 e. The predicted molar refractivity (Wildman–Crippen MR) is 72.0 cm³/mol. The van der Waals surface area contributed by atoms with Crippen LogP contribution in [0.25, 0.3) is 0 Å². The summed E-state index contributed by atoms with van der Waals surface area (Å²) in [6.07, 6.45) is 0.857. The first-order valence-electron chi connectivity index (χ1n) is 6.30. The monoisotopic (exact) mass is 268 g/mol. The highest BCUT2D eigenvalue weighted by Crippen LogP contribution is 2.18. The Kier molecular flexibility index (Phi) is 4.04. The quantitative estimate of drug-likeness (QED) is 0.881. The van der Waals surface area contributed by atoms with Gasteiger partial charge in [-0.15, -0.1) is 0 Å². The number of nitrogens with one attached hydrogen (secondary N) is 1. The lowest BCUT2D eigenvalue weighted by molar-refractivity contribution is 0.403. The van der Waals surface area contributed by atoms with E-state index in [1.165, 1.54) is 0 Å². The molecular formula is C13H20N2O2S. The minimum Gasteiger partial charge on any atom is -0.313 e. The van der Waals surface area contributed by atoms with Crippen molar-refractivity contribution < 1.29 is 8.42 Å². The minimum atomic E-state index is -3.34. The molecule has 100 valence electrons. The van der Waals surface area contributed by atoms with Crippen LogP contribution in [0.4, 0.5) is 0 Å². The first-order valence-corrected chi connectivity index (χ1v) is 7.74. The number of hydrogen-bond donors (Lipinski definition) is 1. The fourth-order valence-electron chi connectivity index (χ4n) is 2.14. The summed E-state index contributed by atoms with van der Waals surface area (Å²) in [5.74, 6) is 0. The molecule has 18 heavy (non-hydrogen) atoms. The van der Waals surface area contributed by atoms with Crippen molar-refractivity contribution in [2.45, 2.75) is 31.2 Å². The fraction of sp³-hybridized carbons (Fsp3) is 0.538. The van der Waals surface area contributed by atoms with Crippen LogP contribution in [0.3, 0.4) is 0 Å². The highest BCUT2D eigenvalue weighted by Gasteiger charge is 2.26. The van der Waals surface area contributed by atoms with E-state index in [9.17, 15) is 8.42 Å². The third-order valence-electron chi connectivity index (χ3n) is 3.21. The molecule has 0 amide bonds. The average Bonchev–Trinajstić information content (AvgIpc) is 2.55. The molecule has 0 bridgehead atoms. The number of nitrogens with zero attached hydrogens (tertiary/aromatic N) is 1. The van der Waals surface area contributed by atoms with Crippen molar-refractivity contribution in [2.24, 2.45) is 0 Å². The first-order chi connectivity index (χ1) is 8.50. The molecule has 2 rings (SSSR count). The van der Waals surface area contributed by atoms with Crippen LogP contribution in [-0.2, 0) is 10.0 Å². The van der Waals surface area contributed by atoms with E-state index in [4.69, 9.17) is 0 Å². The third kappa shape index (κ3) is 2.91. The van der Waals surface area contributed by atoms with Crippen LogP contribution in [-0.4, -0.2) is 38.4 Å². The number of benzene rings is 1. The molecule has 4 nitrogen and oxygen atoms in total. The molecule has 5 heteroatoms. The Labute approximate surface area is 109 Å². The van der Waals surface area contributed by atoms with Crippen molar-refractivity contribution in [1.82, 2.24) is 9.62 Å². The lowest BCUT2D eigenvalue weighted by Gasteiger charge is -2.22. The van der Waals surface area contributed by atoms with Gasteiger partial charge in [0.15, 0.2) is 0 Å². The van der Waals surface area contributed by atoms with Gasteiger partial charge in [0.1, 0.15) is 0 Å². The Balaban J connectivity index is 2.26. The van der Waals surface area contributed by atoms with E-state index in [1.54, 1.807) is 16.4 Å². The van der Waals surface area contributed by atoms with Gasteiger partial charge >= 0.3 is 0 Å². The second-order valence-electron chi connectivity index (χ2n) is 4.88. The second kappa shape index (κ2) is 5.38. The molecule has 0 radical (unpaired) electrons. The van der Waals surface area contributed by atoms with Crippen molar-refractivity contribution in [3.8, 4) is 0 Å². The third-order valence-corrected chi connectivity index (χ3v) is 5.09. The lowest BCUT2D eigenvalue weighted by Crippen LogP contribution is -2.38. The summed E-state index contributed by atoms with van der Waals surface area (Å²) in [4.78, 5) is 0.391. The molecule has 1 N–H and O–H groups in total. The molecule has 1 aliphatic heterocycles. The van der Waals surface area contributed by atoms with Gasteiger partial charge in [0.25, 0.3) is 0 Å². The van der Waals surface area contributed by atoms with Crippen LogP contribution in [0.1, 0.15) is 18.9 Å². The van der Waals surface area contributed by atoms with E-state index >= 15 is 0 Å². The average molecular weight is 268 g/mol. The van der Waals surface area contributed by atoms with Crippen LogP contribution >= 0.6 is 0 Å². The normalized spacial score (nSPS) is 22.7. The van der Waals surface area contributed by atoms with Crippen LogP contribution in [0.5, 0.6) is 0 Å². The SMILES string of the molecule is Cc1ccc(S(=O)(=O)N2CCCNC(C)C2)cc1. The maximum atomic E-state index is 12.5. The molecule has 1 aliphatic rings. The van der Waals surface area contributed by atoms with Crippen molar-refractivity contribution in [3.63, 3.8) is 0 Å². The predicted octanol–water partition coefficient (Wildman–Crippen LogP) is 1.37. The van der Waals surface area contributed by atoms with Gasteiger partial charge in [-0.05, 0) is 38.9 Å². The van der Waals surface area contributed by atoms with Gasteiger partial charge < -0.3 is 5.32 Å². The van der Waals surface area contributed by atoms with Gasteiger partial charge in [0.05, 0.1) is 4.90 Å². The Hall–Kier alpha value is -0.910. The molecule has 0 aliphatic carbocycles. The summed E-state index contributed by atoms with van der Waals surface area (Å²) in [5.41, 5.74) is 1.07. The Bertz CT molecular complexity index is 496. The molecule has 1 heterocycles. The zero-order chi connectivity index (χ0) is 13.2. The number of hydrogen-bond acceptors (Lipinski definition) is 3. The summed E-state index contributed by atoms with van der Waals surface area (Å²) < 4.78 is 26.6. The van der Waals surface area contributed by atoms with E-state index < -0.39 is 10.0 Å². The van der Waals surface area contributed by atoms with E-state index in [1.807, 2.05) is 26.0 Å². The highest BCUT2D eigenvalue weighted by molar-refractivity contribution is 7.89. The zero-order valence-corrected chi connectivity index (χ0v) is 11.7. The van der Waals surface area contributed by atoms with Crippen LogP contribution in [0, 0.1) is 6.92 Å². The van der Waals surface area contributed by atoms with Crippen molar-refractivity contribution in [1.29, 1.82) is 0 Å².